The summed E-state index contributed by atoms with van der Waals surface area (Å²) in [6.07, 6.45) is -5.11. The van der Waals surface area contributed by atoms with E-state index in [4.69, 9.17) is 9.47 Å². The van der Waals surface area contributed by atoms with Gasteiger partial charge in [-0.1, -0.05) is 19.1 Å². The molecular weight excluding hydrogens is 438 g/mol. The Balaban J connectivity index is 1.82. The number of carbonyl (C=O) groups is 1. The standard InChI is InChI=1S/C25H29F4NO3/c1-7-24(6,18-14-16(25(27,28)29)10-13-19(18)26)21(31)30-17-11-8-15(9-12-17)20-32-22(2,3)23(4,5)33-20/h8-14,20H,7H2,1-6H3,(H,30,31). The van der Waals surface area contributed by atoms with E-state index in [0.29, 0.717) is 17.8 Å². The molecule has 1 heterocycles. The smallest absolute Gasteiger partial charge is 0.339 e. The quantitative estimate of drug-likeness (QED) is 0.495. The highest BCUT2D eigenvalue weighted by molar-refractivity contribution is 5.99. The van der Waals surface area contributed by atoms with Gasteiger partial charge in [-0.25, -0.2) is 4.39 Å². The second-order valence-electron chi connectivity index (χ2n) is 9.54. The lowest BCUT2D eigenvalue weighted by Crippen LogP contribution is -2.41. The molecule has 1 atom stereocenters. The number of hydrogen-bond acceptors (Lipinski definition) is 3. The fraction of sp³-hybridized carbons (Fsp3) is 0.480. The third-order valence-electron chi connectivity index (χ3n) is 6.79. The summed E-state index contributed by atoms with van der Waals surface area (Å²) in [5, 5.41) is 2.70. The SMILES string of the molecule is CCC(C)(C(=O)Nc1ccc(C2OC(C)(C)C(C)(C)O2)cc1)c1cc(C(F)(F)F)ccc1F. The van der Waals surface area contributed by atoms with Gasteiger partial charge in [0.05, 0.1) is 22.2 Å². The van der Waals surface area contributed by atoms with Crippen LogP contribution in [0.2, 0.25) is 0 Å². The van der Waals surface area contributed by atoms with Gasteiger partial charge in [0.2, 0.25) is 5.91 Å². The summed E-state index contributed by atoms with van der Waals surface area (Å²) < 4.78 is 66.0. The van der Waals surface area contributed by atoms with E-state index in [2.05, 4.69) is 5.32 Å². The van der Waals surface area contributed by atoms with E-state index >= 15 is 0 Å². The molecule has 0 radical (unpaired) electrons. The molecule has 4 nitrogen and oxygen atoms in total. The fourth-order valence-electron chi connectivity index (χ4n) is 3.57. The molecule has 1 fully saturated rings. The predicted molar refractivity (Wildman–Crippen MR) is 117 cm³/mol. The van der Waals surface area contributed by atoms with Gasteiger partial charge in [0.25, 0.3) is 0 Å². The Morgan fingerprint density at radius 1 is 1.00 bits per heavy atom. The maximum atomic E-state index is 14.5. The van der Waals surface area contributed by atoms with Crippen molar-refractivity contribution in [1.82, 2.24) is 0 Å². The molecule has 2 aromatic carbocycles. The zero-order valence-electron chi connectivity index (χ0n) is 19.6. The van der Waals surface area contributed by atoms with Gasteiger partial charge >= 0.3 is 6.18 Å². The summed E-state index contributed by atoms with van der Waals surface area (Å²) in [4.78, 5) is 13.1. The molecule has 180 valence electrons. The van der Waals surface area contributed by atoms with Crippen molar-refractivity contribution < 1.29 is 31.8 Å². The summed E-state index contributed by atoms with van der Waals surface area (Å²) in [5.74, 6) is -1.47. The average Bonchev–Trinajstić information content (AvgIpc) is 2.94. The second kappa shape index (κ2) is 8.40. The van der Waals surface area contributed by atoms with Crippen LogP contribution in [0.4, 0.5) is 23.2 Å². The number of carbonyl (C=O) groups excluding carboxylic acids is 1. The minimum absolute atomic E-state index is 0.100. The Hall–Kier alpha value is -2.45. The zero-order valence-corrected chi connectivity index (χ0v) is 19.6. The molecule has 1 aliphatic heterocycles. The van der Waals surface area contributed by atoms with Crippen LogP contribution in [0.15, 0.2) is 42.5 Å². The van der Waals surface area contributed by atoms with Crippen LogP contribution in [0.3, 0.4) is 0 Å². The first-order valence-electron chi connectivity index (χ1n) is 10.7. The summed E-state index contributed by atoms with van der Waals surface area (Å²) in [7, 11) is 0. The Morgan fingerprint density at radius 2 is 1.55 bits per heavy atom. The largest absolute Gasteiger partial charge is 0.416 e. The Bertz CT molecular complexity index is 1010. The van der Waals surface area contributed by atoms with E-state index in [1.54, 1.807) is 31.2 Å². The van der Waals surface area contributed by atoms with Gasteiger partial charge in [-0.05, 0) is 71.4 Å². The molecule has 0 aromatic heterocycles. The number of ether oxygens (including phenoxy) is 2. The Morgan fingerprint density at radius 3 is 2.03 bits per heavy atom. The van der Waals surface area contributed by atoms with Gasteiger partial charge in [-0.15, -0.1) is 0 Å². The van der Waals surface area contributed by atoms with E-state index < -0.39 is 46.4 Å². The van der Waals surface area contributed by atoms with E-state index in [0.717, 1.165) is 11.6 Å². The topological polar surface area (TPSA) is 47.6 Å². The average molecular weight is 468 g/mol. The molecule has 8 heteroatoms. The van der Waals surface area contributed by atoms with Gasteiger partial charge in [0, 0.05) is 16.8 Å². The van der Waals surface area contributed by atoms with Gasteiger partial charge in [-0.3, -0.25) is 4.79 Å². The van der Waals surface area contributed by atoms with Gasteiger partial charge < -0.3 is 14.8 Å². The lowest BCUT2D eigenvalue weighted by Gasteiger charge is -2.30. The summed E-state index contributed by atoms with van der Waals surface area (Å²) in [6, 6.07) is 8.91. The first-order chi connectivity index (χ1) is 15.1. The molecule has 1 aliphatic rings. The van der Waals surface area contributed by atoms with E-state index in [1.807, 2.05) is 27.7 Å². The Labute approximate surface area is 191 Å². The van der Waals surface area contributed by atoms with Crippen molar-refractivity contribution in [3.8, 4) is 0 Å². The maximum Gasteiger partial charge on any atom is 0.416 e. The first kappa shape index (κ1) is 25.2. The van der Waals surface area contributed by atoms with Crippen LogP contribution in [0, 0.1) is 5.82 Å². The number of anilines is 1. The summed E-state index contributed by atoms with van der Waals surface area (Å²) in [5.41, 5.74) is -2.62. The first-order valence-corrected chi connectivity index (χ1v) is 10.7. The zero-order chi connectivity index (χ0) is 24.8. The second-order valence-corrected chi connectivity index (χ2v) is 9.54. The normalized spacial score (nSPS) is 19.8. The Kier molecular flexibility index (Phi) is 6.41. The maximum absolute atomic E-state index is 14.5. The van der Waals surface area contributed by atoms with Crippen LogP contribution in [-0.2, 0) is 25.9 Å². The summed E-state index contributed by atoms with van der Waals surface area (Å²) >= 11 is 0. The molecule has 2 aromatic rings. The fourth-order valence-corrected chi connectivity index (χ4v) is 3.57. The van der Waals surface area contributed by atoms with E-state index in [1.165, 1.54) is 6.92 Å². The minimum atomic E-state index is -4.64. The highest BCUT2D eigenvalue weighted by atomic mass is 19.4. The molecule has 0 spiro atoms. The van der Waals surface area contributed by atoms with Gasteiger partial charge in [-0.2, -0.15) is 13.2 Å². The number of amides is 1. The van der Waals surface area contributed by atoms with Crippen LogP contribution in [0.1, 0.15) is 70.9 Å². The van der Waals surface area contributed by atoms with Gasteiger partial charge in [0.1, 0.15) is 5.82 Å². The van der Waals surface area contributed by atoms with Crippen molar-refractivity contribution in [2.45, 2.75) is 77.0 Å². The number of alkyl halides is 3. The molecular formula is C25H29F4NO3. The summed E-state index contributed by atoms with van der Waals surface area (Å²) in [6.45, 7) is 10.8. The monoisotopic (exact) mass is 467 g/mol. The van der Waals surface area contributed by atoms with Crippen LogP contribution >= 0.6 is 0 Å². The third-order valence-corrected chi connectivity index (χ3v) is 6.79. The van der Waals surface area contributed by atoms with Crippen LogP contribution < -0.4 is 5.32 Å². The lowest BCUT2D eigenvalue weighted by molar-refractivity contribution is -0.137. The van der Waals surface area contributed by atoms with Crippen molar-refractivity contribution in [3.63, 3.8) is 0 Å². The molecule has 3 rings (SSSR count). The molecule has 1 amide bonds. The van der Waals surface area contributed by atoms with Crippen molar-refractivity contribution in [3.05, 3.63) is 65.0 Å². The van der Waals surface area contributed by atoms with Crippen molar-refractivity contribution in [1.29, 1.82) is 0 Å². The van der Waals surface area contributed by atoms with Crippen LogP contribution in [0.25, 0.3) is 0 Å². The van der Waals surface area contributed by atoms with Crippen molar-refractivity contribution >= 4 is 11.6 Å². The highest BCUT2D eigenvalue weighted by Gasteiger charge is 2.49. The lowest BCUT2D eigenvalue weighted by atomic mass is 9.78. The van der Waals surface area contributed by atoms with Crippen LogP contribution in [0.5, 0.6) is 0 Å². The number of halogens is 4. The predicted octanol–water partition coefficient (Wildman–Crippen LogP) is 6.75. The number of nitrogens with one attached hydrogen (secondary N) is 1. The molecule has 33 heavy (non-hydrogen) atoms. The minimum Gasteiger partial charge on any atom is -0.339 e. The number of rotatable bonds is 5. The highest BCUT2D eigenvalue weighted by Crippen LogP contribution is 2.45. The molecule has 1 N–H and O–H groups in total. The third kappa shape index (κ3) is 4.77. The molecule has 0 bridgehead atoms. The molecule has 1 saturated heterocycles. The van der Waals surface area contributed by atoms with E-state index in [9.17, 15) is 22.4 Å². The number of benzene rings is 2. The van der Waals surface area contributed by atoms with E-state index in [-0.39, 0.29) is 12.0 Å². The van der Waals surface area contributed by atoms with Crippen molar-refractivity contribution in [2.24, 2.45) is 0 Å². The molecule has 0 saturated carbocycles. The number of hydrogen-bond donors (Lipinski definition) is 1. The van der Waals surface area contributed by atoms with Crippen LogP contribution in [-0.4, -0.2) is 17.1 Å². The van der Waals surface area contributed by atoms with Crippen molar-refractivity contribution in [2.75, 3.05) is 5.32 Å². The van der Waals surface area contributed by atoms with Gasteiger partial charge in [0.15, 0.2) is 6.29 Å². The molecule has 0 aliphatic carbocycles. The molecule has 1 unspecified atom stereocenters.